The molecule has 5 rings (SSSR count). The highest BCUT2D eigenvalue weighted by Crippen LogP contribution is 2.33. The van der Waals surface area contributed by atoms with Gasteiger partial charge >= 0.3 is 5.97 Å². The normalized spacial score (nSPS) is 11.2. The second kappa shape index (κ2) is 7.01. The number of anilines is 2. The van der Waals surface area contributed by atoms with Gasteiger partial charge in [0.2, 0.25) is 0 Å². The van der Waals surface area contributed by atoms with E-state index < -0.39 is 5.97 Å². The molecule has 7 nitrogen and oxygen atoms in total. The third-order valence-electron chi connectivity index (χ3n) is 4.79. The van der Waals surface area contributed by atoms with Gasteiger partial charge in [-0.05, 0) is 24.3 Å². The Morgan fingerprint density at radius 1 is 1.20 bits per heavy atom. The van der Waals surface area contributed by atoms with Crippen molar-refractivity contribution in [3.63, 3.8) is 0 Å². The van der Waals surface area contributed by atoms with Crippen LogP contribution >= 0.6 is 22.9 Å². The fourth-order valence-electron chi connectivity index (χ4n) is 3.40. The maximum absolute atomic E-state index is 12.3. The maximum Gasteiger partial charge on any atom is 0.337 e. The number of hydrogen-bond donors (Lipinski definition) is 4. The zero-order valence-electron chi connectivity index (χ0n) is 15.2. The number of aromatic carboxylic acids is 1. The molecule has 9 heteroatoms. The molecule has 0 saturated heterocycles. The van der Waals surface area contributed by atoms with Crippen LogP contribution < -0.4 is 10.9 Å². The van der Waals surface area contributed by atoms with Crippen LogP contribution in [0.15, 0.2) is 58.8 Å². The van der Waals surface area contributed by atoms with Gasteiger partial charge in [0.1, 0.15) is 5.52 Å². The molecule has 0 atom stereocenters. The number of aromatic nitrogens is 3. The van der Waals surface area contributed by atoms with Crippen LogP contribution in [0.1, 0.15) is 10.4 Å². The summed E-state index contributed by atoms with van der Waals surface area (Å²) in [6, 6.07) is 12.8. The molecule has 2 aromatic carbocycles. The summed E-state index contributed by atoms with van der Waals surface area (Å²) < 4.78 is 0. The number of para-hydroxylation sites is 1. The van der Waals surface area contributed by atoms with E-state index in [0.29, 0.717) is 26.4 Å². The van der Waals surface area contributed by atoms with Crippen molar-refractivity contribution >= 4 is 61.5 Å². The quantitative estimate of drug-likeness (QED) is 0.308. The number of nitrogens with zero attached hydrogens (tertiary/aromatic N) is 1. The van der Waals surface area contributed by atoms with E-state index in [1.807, 2.05) is 35.7 Å². The Hall–Kier alpha value is -3.62. The average molecular weight is 437 g/mol. The van der Waals surface area contributed by atoms with E-state index in [-0.39, 0.29) is 16.6 Å². The van der Waals surface area contributed by atoms with Crippen LogP contribution in [0.4, 0.5) is 10.8 Å². The number of nitrogens with one attached hydrogen (secondary N) is 3. The van der Waals surface area contributed by atoms with Gasteiger partial charge in [-0.2, -0.15) is 0 Å². The number of hydrogen-bond acceptors (Lipinski definition) is 5. The summed E-state index contributed by atoms with van der Waals surface area (Å²) in [6.07, 6.45) is 1.34. The van der Waals surface area contributed by atoms with Gasteiger partial charge in [-0.25, -0.2) is 9.78 Å². The number of benzene rings is 2. The largest absolute Gasteiger partial charge is 0.478 e. The number of thiazole rings is 1. The second-order valence-electron chi connectivity index (χ2n) is 6.61. The van der Waals surface area contributed by atoms with Crippen LogP contribution in [0.25, 0.3) is 33.1 Å². The van der Waals surface area contributed by atoms with Crippen molar-refractivity contribution in [1.29, 1.82) is 0 Å². The standard InChI is InChI=1S/C21H13ClN4O3S/c22-13-3-1-2-4-15(13)25-21-26-16(9-30-21)10-5-6-14-11(7-10)17-12(20(28)29)8-23-18(17)19(27)24-14/h1-9,23H,(H,24,27)(H,25,26)(H,28,29). The predicted octanol–water partition coefficient (Wildman–Crippen LogP) is 5.23. The molecule has 0 spiro atoms. The van der Waals surface area contributed by atoms with E-state index in [2.05, 4.69) is 20.3 Å². The fraction of sp³-hybridized carbons (Fsp3) is 0. The van der Waals surface area contributed by atoms with E-state index in [4.69, 9.17) is 11.6 Å². The van der Waals surface area contributed by atoms with E-state index in [0.717, 1.165) is 16.9 Å². The summed E-state index contributed by atoms with van der Waals surface area (Å²) >= 11 is 7.63. The minimum absolute atomic E-state index is 0.0533. The second-order valence-corrected chi connectivity index (χ2v) is 7.88. The third kappa shape index (κ3) is 3.02. The van der Waals surface area contributed by atoms with Crippen molar-refractivity contribution in [3.8, 4) is 11.3 Å². The number of pyridine rings is 1. The zero-order chi connectivity index (χ0) is 20.8. The van der Waals surface area contributed by atoms with Crippen molar-refractivity contribution < 1.29 is 9.90 Å². The van der Waals surface area contributed by atoms with Crippen LogP contribution in [0.3, 0.4) is 0 Å². The van der Waals surface area contributed by atoms with Crippen LogP contribution in [0, 0.1) is 0 Å². The van der Waals surface area contributed by atoms with Gasteiger partial charge in [0.05, 0.1) is 22.0 Å². The first-order chi connectivity index (χ1) is 14.5. The molecule has 5 aromatic rings. The Kier molecular flexibility index (Phi) is 4.30. The molecule has 3 heterocycles. The van der Waals surface area contributed by atoms with Crippen LogP contribution in [0.5, 0.6) is 0 Å². The number of fused-ring (bicyclic) bond motifs is 3. The van der Waals surface area contributed by atoms with Gasteiger partial charge in [0, 0.05) is 33.4 Å². The molecule has 0 saturated carbocycles. The number of carbonyl (C=O) groups is 1. The highest BCUT2D eigenvalue weighted by atomic mass is 35.5. The summed E-state index contributed by atoms with van der Waals surface area (Å²) in [5, 5.41) is 16.9. The van der Waals surface area contributed by atoms with E-state index in [1.54, 1.807) is 12.1 Å². The maximum atomic E-state index is 12.3. The molecule has 3 aromatic heterocycles. The number of carboxylic acid groups (broad SMARTS) is 1. The Balaban J connectivity index is 1.61. The summed E-state index contributed by atoms with van der Waals surface area (Å²) in [5.74, 6) is -1.10. The zero-order valence-corrected chi connectivity index (χ0v) is 16.8. The Morgan fingerprint density at radius 2 is 2.03 bits per heavy atom. The third-order valence-corrected chi connectivity index (χ3v) is 5.88. The molecule has 0 amide bonds. The summed E-state index contributed by atoms with van der Waals surface area (Å²) in [4.78, 5) is 34.1. The molecule has 4 N–H and O–H groups in total. The molecule has 0 aliphatic heterocycles. The van der Waals surface area contributed by atoms with Crippen LogP contribution in [-0.2, 0) is 0 Å². The lowest BCUT2D eigenvalue weighted by atomic mass is 10.0. The highest BCUT2D eigenvalue weighted by Gasteiger charge is 2.17. The lowest BCUT2D eigenvalue weighted by molar-refractivity contribution is 0.0699. The van der Waals surface area contributed by atoms with E-state index in [9.17, 15) is 14.7 Å². The molecule has 148 valence electrons. The molecular weight excluding hydrogens is 424 g/mol. The minimum Gasteiger partial charge on any atom is -0.478 e. The number of aromatic amines is 2. The molecule has 0 aliphatic rings. The minimum atomic E-state index is -1.10. The Morgan fingerprint density at radius 3 is 2.83 bits per heavy atom. The molecule has 30 heavy (non-hydrogen) atoms. The van der Waals surface area contributed by atoms with E-state index >= 15 is 0 Å². The van der Waals surface area contributed by atoms with Gasteiger partial charge in [0.15, 0.2) is 5.13 Å². The first-order valence-corrected chi connectivity index (χ1v) is 10.1. The van der Waals surface area contributed by atoms with E-state index in [1.165, 1.54) is 17.5 Å². The molecular formula is C21H13ClN4O3S. The number of carboxylic acids is 1. The lowest BCUT2D eigenvalue weighted by Gasteiger charge is -2.05. The fourth-order valence-corrected chi connectivity index (χ4v) is 4.31. The molecule has 0 aliphatic carbocycles. The van der Waals surface area contributed by atoms with Gasteiger partial charge in [0.25, 0.3) is 5.56 Å². The van der Waals surface area contributed by atoms with Crippen molar-refractivity contribution in [1.82, 2.24) is 15.0 Å². The van der Waals surface area contributed by atoms with Crippen molar-refractivity contribution in [2.45, 2.75) is 0 Å². The smallest absolute Gasteiger partial charge is 0.337 e. The topological polar surface area (TPSA) is 111 Å². The SMILES string of the molecule is O=C(O)c1c[nH]c2c(=O)[nH]c3ccc(-c4csc(Nc5ccccc5Cl)n4)cc3c12. The number of H-pyrrole nitrogens is 2. The van der Waals surface area contributed by atoms with Crippen LogP contribution in [0.2, 0.25) is 5.02 Å². The van der Waals surface area contributed by atoms with Crippen LogP contribution in [-0.4, -0.2) is 26.0 Å². The molecule has 0 bridgehead atoms. The number of halogens is 1. The number of rotatable bonds is 4. The van der Waals surface area contributed by atoms with Gasteiger partial charge in [-0.3, -0.25) is 4.79 Å². The highest BCUT2D eigenvalue weighted by molar-refractivity contribution is 7.14. The lowest BCUT2D eigenvalue weighted by Crippen LogP contribution is -2.07. The molecule has 0 unspecified atom stereocenters. The molecule has 0 fully saturated rings. The van der Waals surface area contributed by atoms with Gasteiger partial charge < -0.3 is 20.4 Å². The van der Waals surface area contributed by atoms with Crippen molar-refractivity contribution in [2.24, 2.45) is 0 Å². The molecule has 0 radical (unpaired) electrons. The predicted molar refractivity (Wildman–Crippen MR) is 119 cm³/mol. The average Bonchev–Trinajstić information content (AvgIpc) is 3.37. The van der Waals surface area contributed by atoms with Gasteiger partial charge in [-0.15, -0.1) is 11.3 Å². The summed E-state index contributed by atoms with van der Waals surface area (Å²) in [5.41, 5.74) is 2.77. The van der Waals surface area contributed by atoms with Crippen molar-refractivity contribution in [3.05, 3.63) is 75.0 Å². The Labute approximate surface area is 178 Å². The Bertz CT molecular complexity index is 1500. The monoisotopic (exact) mass is 436 g/mol. The summed E-state index contributed by atoms with van der Waals surface area (Å²) in [7, 11) is 0. The first kappa shape index (κ1) is 18.4. The first-order valence-electron chi connectivity index (χ1n) is 8.89. The van der Waals surface area contributed by atoms with Crippen molar-refractivity contribution in [2.75, 3.05) is 5.32 Å². The summed E-state index contributed by atoms with van der Waals surface area (Å²) in [6.45, 7) is 0. The van der Waals surface area contributed by atoms with Gasteiger partial charge in [-0.1, -0.05) is 29.8 Å².